The molecule has 5 N–H and O–H groups in total. The number of amides is 1. The number of nitrogens with two attached hydrogens (primary N) is 2. The number of unbranched alkanes of at least 4 members (excludes halogenated alkanes) is 1. The van der Waals surface area contributed by atoms with E-state index in [4.69, 9.17) is 11.5 Å². The lowest BCUT2D eigenvalue weighted by Gasteiger charge is -2.16. The van der Waals surface area contributed by atoms with E-state index in [-0.39, 0.29) is 16.5 Å². The van der Waals surface area contributed by atoms with Crippen LogP contribution in [0.2, 0.25) is 0 Å². The van der Waals surface area contributed by atoms with Gasteiger partial charge in [-0.1, -0.05) is 6.07 Å². The summed E-state index contributed by atoms with van der Waals surface area (Å²) in [5.41, 5.74) is 11.7. The molecule has 0 saturated heterocycles. The zero-order chi connectivity index (χ0) is 16.0. The third-order valence-electron chi connectivity index (χ3n) is 2.99. The molecule has 0 aliphatic heterocycles. The Balaban J connectivity index is 2.76. The zero-order valence-electron chi connectivity index (χ0n) is 12.3. The summed E-state index contributed by atoms with van der Waals surface area (Å²) in [4.78, 5) is 10.7. The number of hydrogen-bond acceptors (Lipinski definition) is 5. The number of benzene rings is 1. The summed E-state index contributed by atoms with van der Waals surface area (Å²) in [5.74, 6) is -0.325. The van der Waals surface area contributed by atoms with E-state index in [0.29, 0.717) is 25.1 Å². The summed E-state index contributed by atoms with van der Waals surface area (Å²) in [6, 6.07) is 4.83. The van der Waals surface area contributed by atoms with Crippen molar-refractivity contribution in [2.24, 2.45) is 5.73 Å². The van der Waals surface area contributed by atoms with Crippen LogP contribution in [0.4, 0.5) is 11.4 Å². The van der Waals surface area contributed by atoms with Gasteiger partial charge >= 0.3 is 0 Å². The van der Waals surface area contributed by atoms with Crippen LogP contribution in [0.15, 0.2) is 23.1 Å². The smallest absolute Gasteiger partial charge is 0.244 e. The summed E-state index contributed by atoms with van der Waals surface area (Å²) < 4.78 is 25.4. The second kappa shape index (κ2) is 7.28. The average Bonchev–Trinajstić information content (AvgIpc) is 2.39. The summed E-state index contributed by atoms with van der Waals surface area (Å²) in [7, 11) is -0.655. The van der Waals surface area contributed by atoms with Crippen LogP contribution in [0, 0.1) is 0 Å². The Morgan fingerprint density at radius 2 is 1.95 bits per heavy atom. The van der Waals surface area contributed by atoms with Gasteiger partial charge in [0, 0.05) is 27.1 Å². The quantitative estimate of drug-likeness (QED) is 0.479. The number of rotatable bonds is 8. The number of nitrogens with one attached hydrogen (secondary N) is 1. The molecule has 0 bridgehead atoms. The monoisotopic (exact) mass is 314 g/mol. The number of anilines is 2. The van der Waals surface area contributed by atoms with Crippen LogP contribution in [-0.2, 0) is 14.8 Å². The van der Waals surface area contributed by atoms with Crippen LogP contribution in [0.5, 0.6) is 0 Å². The Bertz CT molecular complexity index is 599. The molecular weight excluding hydrogens is 292 g/mol. The first-order chi connectivity index (χ1) is 9.76. The standard InChI is InChI=1S/C13H22N4O3S/c1-17(2)21(19,20)11-7-5-6-10(13(11)15)16-9-4-3-8-12(14)18/h5-7,16H,3-4,8-9,15H2,1-2H3,(H2,14,18). The third kappa shape index (κ3) is 4.61. The fourth-order valence-corrected chi connectivity index (χ4v) is 2.80. The average molecular weight is 314 g/mol. The van der Waals surface area contributed by atoms with Crippen LogP contribution < -0.4 is 16.8 Å². The number of sulfonamides is 1. The van der Waals surface area contributed by atoms with Crippen LogP contribution in [-0.4, -0.2) is 39.3 Å². The highest BCUT2D eigenvalue weighted by atomic mass is 32.2. The lowest BCUT2D eigenvalue weighted by Crippen LogP contribution is -2.23. The summed E-state index contributed by atoms with van der Waals surface area (Å²) in [5, 5.41) is 3.08. The fourth-order valence-electron chi connectivity index (χ4n) is 1.77. The van der Waals surface area contributed by atoms with Gasteiger partial charge in [0.2, 0.25) is 15.9 Å². The maximum Gasteiger partial charge on any atom is 0.244 e. The first-order valence-corrected chi connectivity index (χ1v) is 8.04. The number of nitrogen functional groups attached to an aromatic ring is 1. The molecule has 1 aromatic rings. The van der Waals surface area contributed by atoms with Crippen molar-refractivity contribution in [3.63, 3.8) is 0 Å². The van der Waals surface area contributed by atoms with Crippen LogP contribution in [0.25, 0.3) is 0 Å². The summed E-state index contributed by atoms with van der Waals surface area (Å²) >= 11 is 0. The predicted octanol–water partition coefficient (Wildman–Crippen LogP) is 0.587. The molecule has 0 aliphatic carbocycles. The molecule has 0 heterocycles. The third-order valence-corrected chi connectivity index (χ3v) is 4.86. The van der Waals surface area contributed by atoms with E-state index < -0.39 is 10.0 Å². The first kappa shape index (κ1) is 17.3. The molecule has 1 rings (SSSR count). The molecule has 0 spiro atoms. The van der Waals surface area contributed by atoms with E-state index in [1.54, 1.807) is 12.1 Å². The van der Waals surface area contributed by atoms with E-state index in [2.05, 4.69) is 5.32 Å². The number of carbonyl (C=O) groups excluding carboxylic acids is 1. The molecule has 118 valence electrons. The lowest BCUT2D eigenvalue weighted by atomic mass is 10.2. The van der Waals surface area contributed by atoms with Crippen molar-refractivity contribution < 1.29 is 13.2 Å². The van der Waals surface area contributed by atoms with Gasteiger partial charge in [-0.05, 0) is 25.0 Å². The lowest BCUT2D eigenvalue weighted by molar-refractivity contribution is -0.118. The van der Waals surface area contributed by atoms with Gasteiger partial charge in [0.1, 0.15) is 4.90 Å². The van der Waals surface area contributed by atoms with Crippen molar-refractivity contribution in [2.45, 2.75) is 24.2 Å². The van der Waals surface area contributed by atoms with E-state index in [0.717, 1.165) is 10.7 Å². The number of primary amides is 1. The van der Waals surface area contributed by atoms with Gasteiger partial charge in [-0.25, -0.2) is 12.7 Å². The highest BCUT2D eigenvalue weighted by Gasteiger charge is 2.21. The van der Waals surface area contributed by atoms with Gasteiger partial charge in [-0.15, -0.1) is 0 Å². The Morgan fingerprint density at radius 3 is 2.52 bits per heavy atom. The Kier molecular flexibility index (Phi) is 5.98. The van der Waals surface area contributed by atoms with E-state index >= 15 is 0 Å². The minimum Gasteiger partial charge on any atom is -0.396 e. The number of hydrogen-bond donors (Lipinski definition) is 3. The van der Waals surface area contributed by atoms with Crippen molar-refractivity contribution in [1.29, 1.82) is 0 Å². The second-order valence-corrected chi connectivity index (χ2v) is 6.98. The molecule has 21 heavy (non-hydrogen) atoms. The molecular formula is C13H22N4O3S. The van der Waals surface area contributed by atoms with E-state index in [1.165, 1.54) is 20.2 Å². The van der Waals surface area contributed by atoms with Gasteiger partial charge in [0.05, 0.1) is 11.4 Å². The van der Waals surface area contributed by atoms with Gasteiger partial charge in [0.25, 0.3) is 0 Å². The Labute approximate surface area is 125 Å². The van der Waals surface area contributed by atoms with E-state index in [1.807, 2.05) is 0 Å². The predicted molar refractivity (Wildman–Crippen MR) is 83.3 cm³/mol. The van der Waals surface area contributed by atoms with Crippen LogP contribution in [0.3, 0.4) is 0 Å². The number of carbonyl (C=O) groups is 1. The van der Waals surface area contributed by atoms with Crippen LogP contribution in [0.1, 0.15) is 19.3 Å². The maximum atomic E-state index is 12.1. The SMILES string of the molecule is CN(C)S(=O)(=O)c1cccc(NCCCCC(N)=O)c1N. The Morgan fingerprint density at radius 1 is 1.29 bits per heavy atom. The molecule has 0 atom stereocenters. The topological polar surface area (TPSA) is 119 Å². The second-order valence-electron chi connectivity index (χ2n) is 4.86. The van der Waals surface area contributed by atoms with Crippen LogP contribution >= 0.6 is 0 Å². The minimum atomic E-state index is -3.57. The number of nitrogens with zero attached hydrogens (tertiary/aromatic N) is 1. The summed E-state index contributed by atoms with van der Waals surface area (Å²) in [6.45, 7) is 0.586. The van der Waals surface area contributed by atoms with E-state index in [9.17, 15) is 13.2 Å². The van der Waals surface area contributed by atoms with Crippen molar-refractivity contribution in [1.82, 2.24) is 4.31 Å². The molecule has 0 saturated carbocycles. The van der Waals surface area contributed by atoms with Crippen molar-refractivity contribution in [2.75, 3.05) is 31.7 Å². The normalized spacial score (nSPS) is 11.6. The maximum absolute atomic E-state index is 12.1. The van der Waals surface area contributed by atoms with Gasteiger partial charge in [-0.3, -0.25) is 4.79 Å². The van der Waals surface area contributed by atoms with Gasteiger partial charge < -0.3 is 16.8 Å². The first-order valence-electron chi connectivity index (χ1n) is 6.60. The molecule has 0 radical (unpaired) electrons. The molecule has 7 nitrogen and oxygen atoms in total. The fraction of sp³-hybridized carbons (Fsp3) is 0.462. The van der Waals surface area contributed by atoms with Gasteiger partial charge in [-0.2, -0.15) is 0 Å². The van der Waals surface area contributed by atoms with Crippen molar-refractivity contribution >= 4 is 27.3 Å². The van der Waals surface area contributed by atoms with Crippen molar-refractivity contribution in [3.05, 3.63) is 18.2 Å². The van der Waals surface area contributed by atoms with Crippen molar-refractivity contribution in [3.8, 4) is 0 Å². The Hall–Kier alpha value is -1.80. The molecule has 0 fully saturated rings. The molecule has 0 unspecified atom stereocenters. The molecule has 0 aromatic heterocycles. The zero-order valence-corrected chi connectivity index (χ0v) is 13.1. The van der Waals surface area contributed by atoms with Gasteiger partial charge in [0.15, 0.2) is 0 Å². The largest absolute Gasteiger partial charge is 0.396 e. The molecule has 1 aromatic carbocycles. The highest BCUT2D eigenvalue weighted by Crippen LogP contribution is 2.28. The molecule has 1 amide bonds. The molecule has 8 heteroatoms. The summed E-state index contributed by atoms with van der Waals surface area (Å²) in [6.07, 6.45) is 1.76. The minimum absolute atomic E-state index is 0.0784. The molecule has 0 aliphatic rings. The highest BCUT2D eigenvalue weighted by molar-refractivity contribution is 7.89. The number of para-hydroxylation sites is 1.